The standard InChI is InChI=1S/C13H12BrN3O2/c1-8-9(14)4-2-6-11(8)16-12-7-3-5-10(15)13(12)17(18)19/h2-7,16H,15H2,1H3. The molecule has 0 amide bonds. The molecule has 0 aliphatic carbocycles. The van der Waals surface area contributed by atoms with Gasteiger partial charge in [-0.05, 0) is 36.8 Å². The van der Waals surface area contributed by atoms with Crippen LogP contribution in [0.3, 0.4) is 0 Å². The summed E-state index contributed by atoms with van der Waals surface area (Å²) in [5.41, 5.74) is 7.83. The van der Waals surface area contributed by atoms with E-state index < -0.39 is 4.92 Å². The zero-order valence-corrected chi connectivity index (χ0v) is 11.8. The normalized spacial score (nSPS) is 10.2. The van der Waals surface area contributed by atoms with Gasteiger partial charge in [0.1, 0.15) is 11.4 Å². The van der Waals surface area contributed by atoms with Crippen LogP contribution in [0.4, 0.5) is 22.7 Å². The number of hydrogen-bond acceptors (Lipinski definition) is 4. The molecule has 0 aromatic heterocycles. The molecule has 2 rings (SSSR count). The number of benzene rings is 2. The van der Waals surface area contributed by atoms with Crippen molar-refractivity contribution >= 4 is 38.7 Å². The summed E-state index contributed by atoms with van der Waals surface area (Å²) in [5.74, 6) is 0. The summed E-state index contributed by atoms with van der Waals surface area (Å²) < 4.78 is 0.934. The second-order valence-electron chi connectivity index (χ2n) is 4.04. The number of halogens is 1. The van der Waals surface area contributed by atoms with Crippen molar-refractivity contribution in [3.8, 4) is 0 Å². The smallest absolute Gasteiger partial charge is 0.315 e. The van der Waals surface area contributed by atoms with Gasteiger partial charge in [-0.1, -0.05) is 28.1 Å². The summed E-state index contributed by atoms with van der Waals surface area (Å²) in [6.07, 6.45) is 0. The lowest BCUT2D eigenvalue weighted by Crippen LogP contribution is -2.01. The van der Waals surface area contributed by atoms with Crippen molar-refractivity contribution in [3.05, 3.63) is 56.5 Å². The number of hydrogen-bond donors (Lipinski definition) is 2. The van der Waals surface area contributed by atoms with Gasteiger partial charge < -0.3 is 11.1 Å². The lowest BCUT2D eigenvalue weighted by atomic mass is 10.1. The summed E-state index contributed by atoms with van der Waals surface area (Å²) in [6.45, 7) is 1.92. The van der Waals surface area contributed by atoms with Gasteiger partial charge in [0.05, 0.1) is 4.92 Å². The zero-order valence-electron chi connectivity index (χ0n) is 10.2. The van der Waals surface area contributed by atoms with E-state index in [0.717, 1.165) is 15.7 Å². The molecular formula is C13H12BrN3O2. The summed E-state index contributed by atoms with van der Waals surface area (Å²) >= 11 is 3.42. The van der Waals surface area contributed by atoms with Gasteiger partial charge in [-0.2, -0.15) is 0 Å². The maximum atomic E-state index is 11.1. The highest BCUT2D eigenvalue weighted by Crippen LogP contribution is 2.34. The minimum atomic E-state index is -0.481. The van der Waals surface area contributed by atoms with Crippen molar-refractivity contribution in [2.45, 2.75) is 6.92 Å². The molecule has 0 spiro atoms. The van der Waals surface area contributed by atoms with Gasteiger partial charge >= 0.3 is 5.69 Å². The minimum absolute atomic E-state index is 0.109. The van der Waals surface area contributed by atoms with Gasteiger partial charge in [-0.3, -0.25) is 10.1 Å². The van der Waals surface area contributed by atoms with Crippen LogP contribution in [0, 0.1) is 17.0 Å². The predicted octanol–water partition coefficient (Wildman–Crippen LogP) is 3.99. The Labute approximate surface area is 118 Å². The Morgan fingerprint density at radius 3 is 2.53 bits per heavy atom. The molecule has 5 nitrogen and oxygen atoms in total. The van der Waals surface area contributed by atoms with E-state index in [9.17, 15) is 10.1 Å². The fraction of sp³-hybridized carbons (Fsp3) is 0.0769. The monoisotopic (exact) mass is 321 g/mol. The van der Waals surface area contributed by atoms with E-state index >= 15 is 0 Å². The molecule has 3 N–H and O–H groups in total. The third-order valence-electron chi connectivity index (χ3n) is 2.79. The van der Waals surface area contributed by atoms with Crippen molar-refractivity contribution in [2.75, 3.05) is 11.1 Å². The van der Waals surface area contributed by atoms with E-state index in [1.165, 1.54) is 6.07 Å². The highest BCUT2D eigenvalue weighted by Gasteiger charge is 2.18. The number of nitro groups is 1. The Bertz CT molecular complexity index is 644. The minimum Gasteiger partial charge on any atom is -0.393 e. The lowest BCUT2D eigenvalue weighted by molar-refractivity contribution is -0.383. The summed E-state index contributed by atoms with van der Waals surface area (Å²) in [5, 5.41) is 14.1. The van der Waals surface area contributed by atoms with Gasteiger partial charge in [0.25, 0.3) is 0 Å². The molecule has 98 valence electrons. The average Bonchev–Trinajstić information content (AvgIpc) is 2.34. The molecule has 2 aromatic rings. The number of anilines is 3. The molecule has 0 atom stereocenters. The van der Waals surface area contributed by atoms with Crippen molar-refractivity contribution < 1.29 is 4.92 Å². The molecule has 0 saturated carbocycles. The predicted molar refractivity (Wildman–Crippen MR) is 79.7 cm³/mol. The van der Waals surface area contributed by atoms with E-state index in [1.54, 1.807) is 12.1 Å². The maximum absolute atomic E-state index is 11.1. The Morgan fingerprint density at radius 2 is 1.84 bits per heavy atom. The topological polar surface area (TPSA) is 81.2 Å². The quantitative estimate of drug-likeness (QED) is 0.508. The third-order valence-corrected chi connectivity index (χ3v) is 3.65. The first-order valence-electron chi connectivity index (χ1n) is 5.55. The number of para-hydroxylation sites is 1. The van der Waals surface area contributed by atoms with Crippen molar-refractivity contribution in [2.24, 2.45) is 0 Å². The van der Waals surface area contributed by atoms with Gasteiger partial charge in [0.15, 0.2) is 0 Å². The summed E-state index contributed by atoms with van der Waals surface area (Å²) in [6, 6.07) is 10.4. The zero-order chi connectivity index (χ0) is 14.0. The third kappa shape index (κ3) is 2.68. The lowest BCUT2D eigenvalue weighted by Gasteiger charge is -2.11. The molecule has 19 heavy (non-hydrogen) atoms. The van der Waals surface area contributed by atoms with Gasteiger partial charge in [-0.25, -0.2) is 0 Å². The first-order valence-corrected chi connectivity index (χ1v) is 6.35. The average molecular weight is 322 g/mol. The number of nitrogens with one attached hydrogen (secondary N) is 1. The number of nitrogens with zero attached hydrogens (tertiary/aromatic N) is 1. The molecule has 0 aliphatic heterocycles. The van der Waals surface area contributed by atoms with Crippen LogP contribution in [0.2, 0.25) is 0 Å². The summed E-state index contributed by atoms with van der Waals surface area (Å²) in [7, 11) is 0. The van der Waals surface area contributed by atoms with Crippen LogP contribution in [0.5, 0.6) is 0 Å². The highest BCUT2D eigenvalue weighted by molar-refractivity contribution is 9.10. The number of nitrogen functional groups attached to an aromatic ring is 1. The molecular weight excluding hydrogens is 310 g/mol. The fourth-order valence-electron chi connectivity index (χ4n) is 1.75. The van der Waals surface area contributed by atoms with Crippen LogP contribution in [-0.2, 0) is 0 Å². The first-order chi connectivity index (χ1) is 9.00. The van der Waals surface area contributed by atoms with Crippen LogP contribution in [0.15, 0.2) is 40.9 Å². The first kappa shape index (κ1) is 13.4. The van der Waals surface area contributed by atoms with E-state index in [4.69, 9.17) is 5.73 Å². The fourth-order valence-corrected chi connectivity index (χ4v) is 2.12. The van der Waals surface area contributed by atoms with Crippen LogP contribution in [0.1, 0.15) is 5.56 Å². The Kier molecular flexibility index (Phi) is 3.71. The highest BCUT2D eigenvalue weighted by atomic mass is 79.9. The Hall–Kier alpha value is -2.08. The molecule has 0 heterocycles. The van der Waals surface area contributed by atoms with E-state index in [2.05, 4.69) is 21.2 Å². The Morgan fingerprint density at radius 1 is 1.21 bits per heavy atom. The van der Waals surface area contributed by atoms with Crippen LogP contribution >= 0.6 is 15.9 Å². The van der Waals surface area contributed by atoms with E-state index in [-0.39, 0.29) is 11.4 Å². The van der Waals surface area contributed by atoms with Crippen LogP contribution < -0.4 is 11.1 Å². The van der Waals surface area contributed by atoms with Gasteiger partial charge in [-0.15, -0.1) is 0 Å². The van der Waals surface area contributed by atoms with Gasteiger partial charge in [0.2, 0.25) is 0 Å². The number of nitro benzene ring substituents is 1. The van der Waals surface area contributed by atoms with Crippen LogP contribution in [0.25, 0.3) is 0 Å². The van der Waals surface area contributed by atoms with Crippen molar-refractivity contribution in [1.82, 2.24) is 0 Å². The maximum Gasteiger partial charge on any atom is 0.315 e. The van der Waals surface area contributed by atoms with E-state index in [1.807, 2.05) is 25.1 Å². The largest absolute Gasteiger partial charge is 0.393 e. The molecule has 0 bridgehead atoms. The van der Waals surface area contributed by atoms with Crippen molar-refractivity contribution in [3.63, 3.8) is 0 Å². The molecule has 0 aliphatic rings. The van der Waals surface area contributed by atoms with Crippen molar-refractivity contribution in [1.29, 1.82) is 0 Å². The van der Waals surface area contributed by atoms with E-state index in [0.29, 0.717) is 5.69 Å². The second-order valence-corrected chi connectivity index (χ2v) is 4.89. The Balaban J connectivity index is 2.47. The number of rotatable bonds is 3. The molecule has 2 aromatic carbocycles. The SMILES string of the molecule is Cc1c(Br)cccc1Nc1cccc(N)c1[N+](=O)[O-]. The molecule has 0 radical (unpaired) electrons. The molecule has 6 heteroatoms. The number of nitrogens with two attached hydrogens (primary N) is 1. The second kappa shape index (κ2) is 5.27. The van der Waals surface area contributed by atoms with Crippen LogP contribution in [-0.4, -0.2) is 4.92 Å². The van der Waals surface area contributed by atoms with Gasteiger partial charge in [0, 0.05) is 10.2 Å². The summed E-state index contributed by atoms with van der Waals surface area (Å²) in [4.78, 5) is 10.6. The molecule has 0 unspecified atom stereocenters. The molecule has 0 saturated heterocycles. The molecule has 0 fully saturated rings.